The van der Waals surface area contributed by atoms with Crippen LogP contribution in [0.1, 0.15) is 81.7 Å². The van der Waals surface area contributed by atoms with Gasteiger partial charge in [0.05, 0.1) is 19.3 Å². The number of aliphatic hydroxyl groups is 1. The lowest BCUT2D eigenvalue weighted by Crippen LogP contribution is -2.47. The smallest absolute Gasteiger partial charge is 0.410 e. The van der Waals surface area contributed by atoms with E-state index < -0.39 is 11.2 Å². The summed E-state index contributed by atoms with van der Waals surface area (Å²) in [5.74, 6) is 0.150. The first kappa shape index (κ1) is 27.7. The van der Waals surface area contributed by atoms with Crippen molar-refractivity contribution in [2.45, 2.75) is 83.6 Å². The lowest BCUT2D eigenvalue weighted by Gasteiger charge is -2.40. The van der Waals surface area contributed by atoms with E-state index >= 15 is 0 Å². The van der Waals surface area contributed by atoms with Crippen molar-refractivity contribution in [2.75, 3.05) is 26.3 Å². The zero-order valence-electron chi connectivity index (χ0n) is 24.6. The van der Waals surface area contributed by atoms with Crippen molar-refractivity contribution < 1.29 is 24.2 Å². The molecule has 1 atom stereocenters. The summed E-state index contributed by atoms with van der Waals surface area (Å²) in [7, 11) is 0. The molecule has 0 bridgehead atoms. The molecule has 2 aromatic heterocycles. The predicted octanol–water partition coefficient (Wildman–Crippen LogP) is 5.07. The average Bonchev–Trinajstić information content (AvgIpc) is 3.54. The molecule has 2 fully saturated rings. The highest BCUT2D eigenvalue weighted by molar-refractivity contribution is 5.88. The molecule has 2 aliphatic heterocycles. The summed E-state index contributed by atoms with van der Waals surface area (Å²) in [4.78, 5) is 38.1. The minimum absolute atomic E-state index is 0.203. The molecule has 0 unspecified atom stereocenters. The van der Waals surface area contributed by atoms with E-state index in [0.29, 0.717) is 58.0 Å². The fourth-order valence-electron chi connectivity index (χ4n) is 6.02. The van der Waals surface area contributed by atoms with Gasteiger partial charge in [0.15, 0.2) is 0 Å². The monoisotopic (exact) mass is 560 g/mol. The van der Waals surface area contributed by atoms with E-state index in [4.69, 9.17) is 14.5 Å². The number of ether oxygens (including phenoxy) is 2. The van der Waals surface area contributed by atoms with Crippen LogP contribution in [0.4, 0.5) is 4.79 Å². The zero-order chi connectivity index (χ0) is 29.1. The van der Waals surface area contributed by atoms with Crippen molar-refractivity contribution >= 4 is 23.0 Å². The Hall–Kier alpha value is -3.43. The maximum Gasteiger partial charge on any atom is 0.410 e. The second-order valence-electron chi connectivity index (χ2n) is 13.0. The number of nitrogens with zero attached hydrogens (tertiary/aromatic N) is 3. The van der Waals surface area contributed by atoms with Crippen LogP contribution in [-0.4, -0.2) is 74.4 Å². The van der Waals surface area contributed by atoms with Gasteiger partial charge in [0, 0.05) is 43.0 Å². The first-order chi connectivity index (χ1) is 19.4. The first-order valence-corrected chi connectivity index (χ1v) is 14.7. The van der Waals surface area contributed by atoms with E-state index in [-0.39, 0.29) is 18.0 Å². The van der Waals surface area contributed by atoms with Gasteiger partial charge < -0.3 is 24.5 Å². The van der Waals surface area contributed by atoms with E-state index in [1.54, 1.807) is 9.80 Å². The molecule has 1 saturated carbocycles. The van der Waals surface area contributed by atoms with Gasteiger partial charge in [-0.3, -0.25) is 9.69 Å². The summed E-state index contributed by atoms with van der Waals surface area (Å²) >= 11 is 0. The van der Waals surface area contributed by atoms with Gasteiger partial charge >= 0.3 is 6.09 Å². The average molecular weight is 561 g/mol. The zero-order valence-corrected chi connectivity index (χ0v) is 24.6. The fourth-order valence-corrected chi connectivity index (χ4v) is 6.02. The van der Waals surface area contributed by atoms with E-state index in [1.807, 2.05) is 33.2 Å². The quantitative estimate of drug-likeness (QED) is 0.461. The lowest BCUT2D eigenvalue weighted by molar-refractivity contribution is -0.143. The summed E-state index contributed by atoms with van der Waals surface area (Å²) in [5.41, 5.74) is 5.33. The van der Waals surface area contributed by atoms with Gasteiger partial charge in [-0.05, 0) is 85.9 Å². The number of aromatic amines is 1. The number of nitrogens with one attached hydrogen (secondary N) is 1. The normalized spacial score (nSPS) is 20.3. The number of amides is 2. The highest BCUT2D eigenvalue weighted by Crippen LogP contribution is 2.41. The van der Waals surface area contributed by atoms with Crippen molar-refractivity contribution in [1.29, 1.82) is 0 Å². The molecule has 4 heterocycles. The van der Waals surface area contributed by atoms with Gasteiger partial charge in [-0.2, -0.15) is 0 Å². The minimum Gasteiger partial charge on any atom is -0.444 e. The van der Waals surface area contributed by atoms with Gasteiger partial charge in [-0.15, -0.1) is 0 Å². The summed E-state index contributed by atoms with van der Waals surface area (Å²) < 4.78 is 11.7. The molecule has 0 radical (unpaired) electrons. The Morgan fingerprint density at radius 1 is 1.17 bits per heavy atom. The number of H-pyrrole nitrogens is 1. The summed E-state index contributed by atoms with van der Waals surface area (Å²) in [6.45, 7) is 12.0. The summed E-state index contributed by atoms with van der Waals surface area (Å²) in [5, 5.41) is 11.7. The Morgan fingerprint density at radius 3 is 2.66 bits per heavy atom. The molecule has 0 spiro atoms. The third-order valence-electron chi connectivity index (χ3n) is 8.42. The third kappa shape index (κ3) is 5.33. The molecule has 2 N–H and O–H groups in total. The number of benzene rings is 1. The summed E-state index contributed by atoms with van der Waals surface area (Å²) in [6, 6.07) is 6.13. The minimum atomic E-state index is -1.22. The predicted molar refractivity (Wildman–Crippen MR) is 155 cm³/mol. The number of pyridine rings is 1. The van der Waals surface area contributed by atoms with E-state index in [0.717, 1.165) is 38.9 Å². The molecule has 218 valence electrons. The molecule has 41 heavy (non-hydrogen) atoms. The molecular formula is C32H40N4O5. The van der Waals surface area contributed by atoms with Crippen LogP contribution in [0.2, 0.25) is 0 Å². The van der Waals surface area contributed by atoms with Gasteiger partial charge in [0.1, 0.15) is 16.8 Å². The van der Waals surface area contributed by atoms with Crippen LogP contribution in [0.15, 0.2) is 30.6 Å². The molecule has 1 saturated heterocycles. The van der Waals surface area contributed by atoms with Crippen molar-refractivity contribution in [3.05, 3.63) is 52.8 Å². The molecular weight excluding hydrogens is 520 g/mol. The molecule has 9 heteroatoms. The van der Waals surface area contributed by atoms with Crippen molar-refractivity contribution in [1.82, 2.24) is 19.8 Å². The van der Waals surface area contributed by atoms with Crippen LogP contribution in [0, 0.1) is 0 Å². The van der Waals surface area contributed by atoms with Crippen molar-refractivity contribution in [3.63, 3.8) is 0 Å². The topological polar surface area (TPSA) is 108 Å². The number of aromatic nitrogens is 2. The van der Waals surface area contributed by atoms with Gasteiger partial charge in [0.25, 0.3) is 5.91 Å². The van der Waals surface area contributed by atoms with Crippen LogP contribution in [-0.2, 0) is 27.2 Å². The molecule has 3 aliphatic rings. The van der Waals surface area contributed by atoms with Crippen LogP contribution in [0.5, 0.6) is 0 Å². The maximum absolute atomic E-state index is 13.4. The van der Waals surface area contributed by atoms with Crippen LogP contribution < -0.4 is 0 Å². The summed E-state index contributed by atoms with van der Waals surface area (Å²) in [6.07, 6.45) is 5.22. The van der Waals surface area contributed by atoms with Crippen molar-refractivity contribution in [2.24, 2.45) is 0 Å². The maximum atomic E-state index is 13.4. The molecule has 2 amide bonds. The molecule has 6 rings (SSSR count). The van der Waals surface area contributed by atoms with E-state index in [2.05, 4.69) is 37.0 Å². The Balaban J connectivity index is 1.45. The SMILES string of the molecule is CC(C)c1c[nH]c2ncc(-c3cc4c(c([C@@H]5COCCN5C(=O)OC(C)(C)C)c3)CN(C(=O)C3(O)CC3)CC4)cc12. The number of rotatable bonds is 4. The second-order valence-corrected chi connectivity index (χ2v) is 13.0. The number of hydrogen-bond acceptors (Lipinski definition) is 6. The highest BCUT2D eigenvalue weighted by Gasteiger charge is 2.50. The van der Waals surface area contributed by atoms with Gasteiger partial charge in [0.2, 0.25) is 0 Å². The van der Waals surface area contributed by atoms with Crippen LogP contribution >= 0.6 is 0 Å². The molecule has 1 aromatic carbocycles. The lowest BCUT2D eigenvalue weighted by atomic mass is 9.86. The second kappa shape index (κ2) is 10.1. The number of carbonyl (C=O) groups excluding carboxylic acids is 2. The van der Waals surface area contributed by atoms with Crippen LogP contribution in [0.3, 0.4) is 0 Å². The number of hydrogen-bond donors (Lipinski definition) is 2. The number of fused-ring (bicyclic) bond motifs is 2. The molecule has 3 aromatic rings. The van der Waals surface area contributed by atoms with Crippen molar-refractivity contribution in [3.8, 4) is 11.1 Å². The van der Waals surface area contributed by atoms with Gasteiger partial charge in [-0.1, -0.05) is 19.9 Å². The Morgan fingerprint density at radius 2 is 1.95 bits per heavy atom. The highest BCUT2D eigenvalue weighted by atomic mass is 16.6. The Bertz CT molecular complexity index is 1500. The number of carbonyl (C=O) groups is 2. The standard InChI is InChI=1S/C32H40N4O5/c1-19(2)25-16-34-28-24(25)14-22(15-33-28)21-12-20-6-9-35(29(37)32(39)7-8-32)17-26(20)23(13-21)27-18-40-11-10-36(27)30(38)41-31(3,4)5/h12-16,19,27,39H,6-11,17-18H2,1-5H3,(H,33,34)/t27-/m0/s1. The fraction of sp³-hybridized carbons (Fsp3) is 0.531. The van der Waals surface area contributed by atoms with Crippen LogP contribution in [0.25, 0.3) is 22.2 Å². The van der Waals surface area contributed by atoms with E-state index in [1.165, 1.54) is 5.56 Å². The molecule has 1 aliphatic carbocycles. The largest absolute Gasteiger partial charge is 0.444 e. The Labute approximate surface area is 240 Å². The third-order valence-corrected chi connectivity index (χ3v) is 8.42. The number of morpholine rings is 1. The molecule has 9 nitrogen and oxygen atoms in total. The first-order valence-electron chi connectivity index (χ1n) is 14.7. The Kier molecular flexibility index (Phi) is 6.85. The van der Waals surface area contributed by atoms with E-state index in [9.17, 15) is 14.7 Å². The van der Waals surface area contributed by atoms with Gasteiger partial charge in [-0.25, -0.2) is 9.78 Å².